The Labute approximate surface area is 201 Å². The normalized spacial score (nSPS) is 13.7. The van der Waals surface area contributed by atoms with Crippen LogP contribution in [0.5, 0.6) is 5.75 Å². The van der Waals surface area contributed by atoms with Gasteiger partial charge in [0, 0.05) is 37.4 Å². The second-order valence-electron chi connectivity index (χ2n) is 7.05. The van der Waals surface area contributed by atoms with Crippen LogP contribution in [-0.4, -0.2) is 44.2 Å². The summed E-state index contributed by atoms with van der Waals surface area (Å²) in [4.78, 5) is 11.6. The summed E-state index contributed by atoms with van der Waals surface area (Å²) in [5.41, 5.74) is 2.25. The fraction of sp³-hybridized carbons (Fsp3) is 0.455. The fourth-order valence-corrected chi connectivity index (χ4v) is 3.63. The zero-order valence-corrected chi connectivity index (χ0v) is 20.7. The number of anilines is 1. The average Bonchev–Trinajstić information content (AvgIpc) is 3.28. The van der Waals surface area contributed by atoms with Crippen molar-refractivity contribution in [3.05, 3.63) is 52.7 Å². The van der Waals surface area contributed by atoms with Crippen molar-refractivity contribution in [2.45, 2.75) is 32.7 Å². The van der Waals surface area contributed by atoms with Gasteiger partial charge in [-0.3, -0.25) is 0 Å². The number of nitrogens with zero attached hydrogens (tertiary/aromatic N) is 3. The Hall–Kier alpha value is -1.74. The van der Waals surface area contributed by atoms with Crippen molar-refractivity contribution < 1.29 is 4.74 Å². The lowest BCUT2D eigenvalue weighted by molar-refractivity contribution is 0.414. The predicted molar refractivity (Wildman–Crippen MR) is 136 cm³/mol. The van der Waals surface area contributed by atoms with Crippen LogP contribution in [0.2, 0.25) is 5.02 Å². The van der Waals surface area contributed by atoms with Gasteiger partial charge in [0.05, 0.1) is 13.7 Å². The van der Waals surface area contributed by atoms with E-state index in [0.717, 1.165) is 66.3 Å². The quantitative estimate of drug-likeness (QED) is 0.296. The van der Waals surface area contributed by atoms with Crippen LogP contribution in [0.15, 0.2) is 41.5 Å². The standard InChI is InChI=1S/C22H30ClN5O.HI/c1-3-24-22(26-11-9-18-6-7-19(29-2)15-20(18)23)27-16-17-8-10-25-21(14-17)28-12-4-5-13-28;/h6-8,10,14-15H,3-5,9,11-13,16H2,1-2H3,(H2,24,26,27);1H. The minimum Gasteiger partial charge on any atom is -0.497 e. The van der Waals surface area contributed by atoms with E-state index in [1.807, 2.05) is 30.5 Å². The molecule has 164 valence electrons. The van der Waals surface area contributed by atoms with Gasteiger partial charge in [-0.2, -0.15) is 0 Å². The second kappa shape index (κ2) is 12.8. The number of methoxy groups -OCH3 is 1. The Morgan fingerprint density at radius 3 is 2.70 bits per heavy atom. The summed E-state index contributed by atoms with van der Waals surface area (Å²) in [7, 11) is 1.64. The number of hydrogen-bond acceptors (Lipinski definition) is 4. The first-order chi connectivity index (χ1) is 14.2. The zero-order chi connectivity index (χ0) is 20.5. The Morgan fingerprint density at radius 1 is 1.20 bits per heavy atom. The minimum absolute atomic E-state index is 0. The molecule has 1 aliphatic heterocycles. The van der Waals surface area contributed by atoms with Crippen LogP contribution in [0.4, 0.5) is 5.82 Å². The molecule has 1 fully saturated rings. The highest BCUT2D eigenvalue weighted by Gasteiger charge is 2.13. The van der Waals surface area contributed by atoms with Gasteiger partial charge in [-0.05, 0) is 61.6 Å². The highest BCUT2D eigenvalue weighted by molar-refractivity contribution is 14.0. The highest BCUT2D eigenvalue weighted by atomic mass is 127. The summed E-state index contributed by atoms with van der Waals surface area (Å²) >= 11 is 6.33. The Morgan fingerprint density at radius 2 is 2.00 bits per heavy atom. The van der Waals surface area contributed by atoms with Crippen molar-refractivity contribution in [2.75, 3.05) is 38.2 Å². The molecule has 30 heavy (non-hydrogen) atoms. The third-order valence-electron chi connectivity index (χ3n) is 4.95. The minimum atomic E-state index is 0. The second-order valence-corrected chi connectivity index (χ2v) is 7.45. The average molecular weight is 544 g/mol. The molecule has 0 spiro atoms. The molecule has 1 aliphatic rings. The molecule has 0 amide bonds. The number of nitrogens with one attached hydrogen (secondary N) is 2. The van der Waals surface area contributed by atoms with Crippen molar-refractivity contribution in [2.24, 2.45) is 4.99 Å². The van der Waals surface area contributed by atoms with Gasteiger partial charge in [0.25, 0.3) is 0 Å². The van der Waals surface area contributed by atoms with Gasteiger partial charge in [0.1, 0.15) is 11.6 Å². The first kappa shape index (κ1) is 24.5. The molecule has 6 nitrogen and oxygen atoms in total. The van der Waals surface area contributed by atoms with E-state index >= 15 is 0 Å². The van der Waals surface area contributed by atoms with Gasteiger partial charge in [-0.25, -0.2) is 9.98 Å². The van der Waals surface area contributed by atoms with E-state index in [2.05, 4.69) is 33.5 Å². The molecule has 1 aromatic heterocycles. The molecule has 2 aromatic rings. The van der Waals surface area contributed by atoms with Crippen LogP contribution in [-0.2, 0) is 13.0 Å². The highest BCUT2D eigenvalue weighted by Crippen LogP contribution is 2.22. The molecule has 0 bridgehead atoms. The number of aliphatic imine (C=N–C) groups is 1. The molecule has 0 aliphatic carbocycles. The molecule has 1 aromatic carbocycles. The summed E-state index contributed by atoms with van der Waals surface area (Å²) in [6, 6.07) is 9.96. The summed E-state index contributed by atoms with van der Waals surface area (Å²) < 4.78 is 5.20. The van der Waals surface area contributed by atoms with Crippen molar-refractivity contribution in [1.82, 2.24) is 15.6 Å². The lowest BCUT2D eigenvalue weighted by Crippen LogP contribution is -2.38. The fourth-order valence-electron chi connectivity index (χ4n) is 3.36. The SMILES string of the molecule is CCNC(=NCc1ccnc(N2CCCC2)c1)NCCc1ccc(OC)cc1Cl.I. The number of hydrogen-bond donors (Lipinski definition) is 2. The third-order valence-corrected chi connectivity index (χ3v) is 5.30. The summed E-state index contributed by atoms with van der Waals surface area (Å²) in [6.45, 7) is 6.42. The van der Waals surface area contributed by atoms with Crippen LogP contribution in [0.3, 0.4) is 0 Å². The van der Waals surface area contributed by atoms with Gasteiger partial charge in [-0.1, -0.05) is 17.7 Å². The Bertz CT molecular complexity index is 827. The zero-order valence-electron chi connectivity index (χ0n) is 17.7. The first-order valence-electron chi connectivity index (χ1n) is 10.2. The number of aromatic nitrogens is 1. The molecule has 8 heteroatoms. The lowest BCUT2D eigenvalue weighted by atomic mass is 10.1. The maximum absolute atomic E-state index is 6.33. The van der Waals surface area contributed by atoms with Crippen molar-refractivity contribution >= 4 is 47.4 Å². The van der Waals surface area contributed by atoms with Gasteiger partial charge in [-0.15, -0.1) is 24.0 Å². The smallest absolute Gasteiger partial charge is 0.191 e. The van der Waals surface area contributed by atoms with Crippen molar-refractivity contribution in [1.29, 1.82) is 0 Å². The van der Waals surface area contributed by atoms with E-state index in [1.54, 1.807) is 7.11 Å². The lowest BCUT2D eigenvalue weighted by Gasteiger charge is -2.16. The van der Waals surface area contributed by atoms with E-state index in [9.17, 15) is 0 Å². The molecular weight excluding hydrogens is 513 g/mol. The number of pyridine rings is 1. The largest absolute Gasteiger partial charge is 0.497 e. The molecule has 3 rings (SSSR count). The van der Waals surface area contributed by atoms with E-state index in [0.29, 0.717) is 6.54 Å². The van der Waals surface area contributed by atoms with Crippen LogP contribution >= 0.6 is 35.6 Å². The van der Waals surface area contributed by atoms with Gasteiger partial charge < -0.3 is 20.3 Å². The topological polar surface area (TPSA) is 61.8 Å². The van der Waals surface area contributed by atoms with Crippen molar-refractivity contribution in [3.8, 4) is 5.75 Å². The third kappa shape index (κ3) is 7.19. The number of halogens is 2. The number of benzene rings is 1. The molecule has 0 saturated carbocycles. The maximum Gasteiger partial charge on any atom is 0.191 e. The summed E-state index contributed by atoms with van der Waals surface area (Å²) in [5.74, 6) is 2.63. The van der Waals surface area contributed by atoms with Gasteiger partial charge in [0.15, 0.2) is 5.96 Å². The Kier molecular flexibility index (Phi) is 10.5. The van der Waals surface area contributed by atoms with Gasteiger partial charge in [0.2, 0.25) is 0 Å². The summed E-state index contributed by atoms with van der Waals surface area (Å²) in [6.07, 6.45) is 5.18. The number of rotatable bonds is 8. The molecule has 2 heterocycles. The monoisotopic (exact) mass is 543 g/mol. The Balaban J connectivity index is 0.00000320. The van der Waals surface area contributed by atoms with Crippen LogP contribution in [0.1, 0.15) is 30.9 Å². The number of guanidine groups is 1. The molecule has 0 unspecified atom stereocenters. The van der Waals surface area contributed by atoms with Crippen LogP contribution in [0, 0.1) is 0 Å². The van der Waals surface area contributed by atoms with Gasteiger partial charge >= 0.3 is 0 Å². The first-order valence-corrected chi connectivity index (χ1v) is 10.6. The van der Waals surface area contributed by atoms with Crippen LogP contribution in [0.25, 0.3) is 0 Å². The van der Waals surface area contributed by atoms with E-state index < -0.39 is 0 Å². The predicted octanol–water partition coefficient (Wildman–Crippen LogP) is 4.26. The van der Waals surface area contributed by atoms with Crippen LogP contribution < -0.4 is 20.3 Å². The molecule has 0 atom stereocenters. The van der Waals surface area contributed by atoms with E-state index in [4.69, 9.17) is 21.3 Å². The molecule has 2 N–H and O–H groups in total. The number of ether oxygens (including phenoxy) is 1. The molecule has 0 radical (unpaired) electrons. The summed E-state index contributed by atoms with van der Waals surface area (Å²) in [5, 5.41) is 7.41. The maximum atomic E-state index is 6.33. The molecule has 1 saturated heterocycles. The molecular formula is C22H31ClIN5O. The van der Waals surface area contributed by atoms with E-state index in [-0.39, 0.29) is 24.0 Å². The van der Waals surface area contributed by atoms with Crippen molar-refractivity contribution in [3.63, 3.8) is 0 Å². The van der Waals surface area contributed by atoms with E-state index in [1.165, 1.54) is 12.8 Å².